The Morgan fingerprint density at radius 2 is 2.09 bits per heavy atom. The fraction of sp³-hybridized carbons (Fsp3) is 0.765. The highest BCUT2D eigenvalue weighted by atomic mass is 32.1. The number of hydrogen-bond donors (Lipinski definition) is 2. The molecule has 2 N–H and O–H groups in total. The second-order valence-electron chi connectivity index (χ2n) is 7.10. The van der Waals surface area contributed by atoms with Crippen molar-refractivity contribution in [3.63, 3.8) is 0 Å². The topological polar surface area (TPSA) is 54.0 Å². The lowest BCUT2D eigenvalue weighted by Gasteiger charge is -2.34. The summed E-state index contributed by atoms with van der Waals surface area (Å²) in [6, 6.07) is 0.216. The van der Waals surface area contributed by atoms with E-state index in [9.17, 15) is 4.79 Å². The van der Waals surface area contributed by atoms with Crippen molar-refractivity contribution in [3.8, 4) is 0 Å². The molecule has 0 bridgehead atoms. The maximum Gasteiger partial charge on any atom is 0.315 e. The standard InChI is InChI=1S/C17H27N3OS/c1-10-5-4-6-14(11(10)2)20-17(21)18-12(3)15-9-22-16(19-15)13-7-8-13/h9-14H,4-8H2,1-3H3,(H2,18,20,21)/t10-,11+,12-,14+/m0/s1. The molecule has 2 saturated carbocycles. The maximum atomic E-state index is 12.3. The molecule has 0 radical (unpaired) electrons. The van der Waals surface area contributed by atoms with Crippen LogP contribution in [0.2, 0.25) is 0 Å². The third kappa shape index (κ3) is 3.62. The molecule has 122 valence electrons. The maximum absolute atomic E-state index is 12.3. The number of amides is 2. The average Bonchev–Trinajstić information content (AvgIpc) is 3.21. The molecule has 5 heteroatoms. The number of nitrogens with one attached hydrogen (secondary N) is 2. The highest BCUT2D eigenvalue weighted by Crippen LogP contribution is 2.41. The highest BCUT2D eigenvalue weighted by molar-refractivity contribution is 7.09. The molecular formula is C17H27N3OS. The van der Waals surface area contributed by atoms with Crippen molar-refractivity contribution in [3.05, 3.63) is 16.1 Å². The van der Waals surface area contributed by atoms with Crippen LogP contribution in [0.4, 0.5) is 4.79 Å². The second kappa shape index (κ2) is 6.57. The van der Waals surface area contributed by atoms with Gasteiger partial charge in [0.15, 0.2) is 0 Å². The van der Waals surface area contributed by atoms with Gasteiger partial charge in [-0.15, -0.1) is 11.3 Å². The van der Waals surface area contributed by atoms with Gasteiger partial charge in [-0.2, -0.15) is 0 Å². The number of rotatable bonds is 4. The minimum atomic E-state index is -0.0561. The Hall–Kier alpha value is -1.10. The SMILES string of the molecule is C[C@@H]1[C@@H](C)CCC[C@H]1NC(=O)N[C@@H](C)c1csc(C2CC2)n1. The first-order valence-corrected chi connectivity index (χ1v) is 9.45. The molecular weight excluding hydrogens is 294 g/mol. The van der Waals surface area contributed by atoms with Gasteiger partial charge in [0.1, 0.15) is 0 Å². The fourth-order valence-corrected chi connectivity index (χ4v) is 4.37. The summed E-state index contributed by atoms with van der Waals surface area (Å²) in [5, 5.41) is 9.54. The van der Waals surface area contributed by atoms with Crippen LogP contribution >= 0.6 is 11.3 Å². The van der Waals surface area contributed by atoms with Crippen molar-refractivity contribution in [2.75, 3.05) is 0 Å². The van der Waals surface area contributed by atoms with Crippen LogP contribution in [0.5, 0.6) is 0 Å². The summed E-state index contributed by atoms with van der Waals surface area (Å²) in [4.78, 5) is 16.9. The number of aromatic nitrogens is 1. The van der Waals surface area contributed by atoms with Crippen molar-refractivity contribution in [2.24, 2.45) is 11.8 Å². The van der Waals surface area contributed by atoms with E-state index in [-0.39, 0.29) is 12.1 Å². The number of nitrogens with zero attached hydrogens (tertiary/aromatic N) is 1. The third-order valence-corrected chi connectivity index (χ3v) is 6.31. The summed E-state index contributed by atoms with van der Waals surface area (Å²) in [7, 11) is 0. The Morgan fingerprint density at radius 1 is 1.32 bits per heavy atom. The van der Waals surface area contributed by atoms with Crippen LogP contribution in [0.15, 0.2) is 5.38 Å². The molecule has 3 rings (SSSR count). The molecule has 2 fully saturated rings. The number of urea groups is 1. The normalized spacial score (nSPS) is 29.9. The van der Waals surface area contributed by atoms with E-state index in [0.29, 0.717) is 23.8 Å². The van der Waals surface area contributed by atoms with Gasteiger partial charge < -0.3 is 10.6 Å². The quantitative estimate of drug-likeness (QED) is 0.873. The van der Waals surface area contributed by atoms with E-state index in [1.165, 1.54) is 30.7 Å². The zero-order valence-corrected chi connectivity index (χ0v) is 14.6. The summed E-state index contributed by atoms with van der Waals surface area (Å²) in [5.74, 6) is 1.93. The van der Waals surface area contributed by atoms with Gasteiger partial charge in [0.25, 0.3) is 0 Å². The minimum Gasteiger partial charge on any atom is -0.335 e. The molecule has 1 aromatic heterocycles. The average molecular weight is 321 g/mol. The van der Waals surface area contributed by atoms with Crippen LogP contribution in [-0.4, -0.2) is 17.1 Å². The van der Waals surface area contributed by atoms with Gasteiger partial charge in [-0.05, 0) is 38.0 Å². The van der Waals surface area contributed by atoms with Crippen LogP contribution in [0.3, 0.4) is 0 Å². The first-order valence-electron chi connectivity index (χ1n) is 8.57. The summed E-state index contributed by atoms with van der Waals surface area (Å²) >= 11 is 1.73. The molecule has 0 saturated heterocycles. The van der Waals surface area contributed by atoms with E-state index in [1.54, 1.807) is 11.3 Å². The molecule has 0 aliphatic heterocycles. The van der Waals surface area contributed by atoms with Gasteiger partial charge in [0.05, 0.1) is 16.7 Å². The lowest BCUT2D eigenvalue weighted by Crippen LogP contribution is -2.48. The van der Waals surface area contributed by atoms with E-state index in [0.717, 1.165) is 12.1 Å². The zero-order chi connectivity index (χ0) is 15.7. The van der Waals surface area contributed by atoms with Crippen LogP contribution in [-0.2, 0) is 0 Å². The Balaban J connectivity index is 1.51. The molecule has 4 nitrogen and oxygen atoms in total. The Kier molecular flexibility index (Phi) is 4.71. The molecule has 2 aliphatic carbocycles. The Labute approximate surface area is 137 Å². The number of carbonyl (C=O) groups excluding carboxylic acids is 1. The van der Waals surface area contributed by atoms with Crippen LogP contribution in [0.25, 0.3) is 0 Å². The summed E-state index contributed by atoms with van der Waals surface area (Å²) in [6.07, 6.45) is 6.12. The number of hydrogen-bond acceptors (Lipinski definition) is 3. The molecule has 1 heterocycles. The second-order valence-corrected chi connectivity index (χ2v) is 7.99. The van der Waals surface area contributed by atoms with Crippen molar-refractivity contribution >= 4 is 17.4 Å². The predicted molar refractivity (Wildman–Crippen MR) is 90.1 cm³/mol. The summed E-state index contributed by atoms with van der Waals surface area (Å²) < 4.78 is 0. The smallest absolute Gasteiger partial charge is 0.315 e. The summed E-state index contributed by atoms with van der Waals surface area (Å²) in [6.45, 7) is 6.55. The van der Waals surface area contributed by atoms with Crippen molar-refractivity contribution in [1.29, 1.82) is 0 Å². The van der Waals surface area contributed by atoms with Crippen molar-refractivity contribution in [2.45, 2.75) is 70.9 Å². The van der Waals surface area contributed by atoms with Gasteiger partial charge in [0.2, 0.25) is 0 Å². The Bertz CT molecular complexity index is 526. The molecule has 0 spiro atoms. The van der Waals surface area contributed by atoms with E-state index in [4.69, 9.17) is 0 Å². The molecule has 2 amide bonds. The molecule has 4 atom stereocenters. The lowest BCUT2D eigenvalue weighted by molar-refractivity contribution is 0.193. The zero-order valence-electron chi connectivity index (χ0n) is 13.8. The highest BCUT2D eigenvalue weighted by Gasteiger charge is 2.29. The Morgan fingerprint density at radius 3 is 2.82 bits per heavy atom. The monoisotopic (exact) mass is 321 g/mol. The van der Waals surface area contributed by atoms with Gasteiger partial charge in [-0.25, -0.2) is 9.78 Å². The predicted octanol–water partition coefficient (Wildman–Crippen LogP) is 4.21. The van der Waals surface area contributed by atoms with E-state index < -0.39 is 0 Å². The molecule has 22 heavy (non-hydrogen) atoms. The van der Waals surface area contributed by atoms with Crippen LogP contribution < -0.4 is 10.6 Å². The first-order chi connectivity index (χ1) is 10.5. The number of thiazole rings is 1. The lowest BCUT2D eigenvalue weighted by atomic mass is 9.78. The van der Waals surface area contributed by atoms with Gasteiger partial charge >= 0.3 is 6.03 Å². The molecule has 0 aromatic carbocycles. The molecule has 0 unspecified atom stereocenters. The largest absolute Gasteiger partial charge is 0.335 e. The first kappa shape index (κ1) is 15.8. The third-order valence-electron chi connectivity index (χ3n) is 5.28. The fourth-order valence-electron chi connectivity index (χ4n) is 3.28. The van der Waals surface area contributed by atoms with Gasteiger partial charge in [-0.1, -0.05) is 26.7 Å². The van der Waals surface area contributed by atoms with Crippen LogP contribution in [0.1, 0.15) is 75.5 Å². The molecule has 2 aliphatic rings. The van der Waals surface area contributed by atoms with Crippen molar-refractivity contribution in [1.82, 2.24) is 15.6 Å². The van der Waals surface area contributed by atoms with Crippen molar-refractivity contribution < 1.29 is 4.79 Å². The number of carbonyl (C=O) groups is 1. The van der Waals surface area contributed by atoms with Crippen LogP contribution in [0, 0.1) is 11.8 Å². The molecule has 1 aromatic rings. The summed E-state index contributed by atoms with van der Waals surface area (Å²) in [5.41, 5.74) is 0.993. The van der Waals surface area contributed by atoms with E-state index >= 15 is 0 Å². The van der Waals surface area contributed by atoms with Gasteiger partial charge in [0, 0.05) is 17.3 Å². The van der Waals surface area contributed by atoms with E-state index in [1.807, 2.05) is 6.92 Å². The van der Waals surface area contributed by atoms with E-state index in [2.05, 4.69) is 34.8 Å². The minimum absolute atomic E-state index is 0.0277. The van der Waals surface area contributed by atoms with Gasteiger partial charge in [-0.3, -0.25) is 0 Å².